The summed E-state index contributed by atoms with van der Waals surface area (Å²) in [4.78, 5) is 0. The van der Waals surface area contributed by atoms with Crippen LogP contribution in [0.5, 0.6) is 5.88 Å². The highest BCUT2D eigenvalue weighted by Crippen LogP contribution is 2.13. The van der Waals surface area contributed by atoms with Crippen molar-refractivity contribution in [2.24, 2.45) is 7.05 Å². The summed E-state index contributed by atoms with van der Waals surface area (Å²) in [6, 6.07) is 6.09. The van der Waals surface area contributed by atoms with Gasteiger partial charge < -0.3 is 4.74 Å². The number of aryl methyl sites for hydroxylation is 1. The van der Waals surface area contributed by atoms with E-state index in [4.69, 9.17) is 4.74 Å². The fraction of sp³-hybridized carbons (Fsp3) is 0.773. The molecule has 0 aliphatic carbocycles. The monoisotopic (exact) mass is 334 g/mol. The number of unbranched alkanes of at least 4 members (excludes halogenated alkanes) is 13. The Bertz CT molecular complexity index is 391. The zero-order valence-electron chi connectivity index (χ0n) is 16.3. The van der Waals surface area contributed by atoms with Gasteiger partial charge in [-0.3, -0.25) is 0 Å². The van der Waals surface area contributed by atoms with Crippen molar-refractivity contribution in [2.75, 3.05) is 6.61 Å². The van der Waals surface area contributed by atoms with Crippen molar-refractivity contribution in [3.63, 3.8) is 0 Å². The van der Waals surface area contributed by atoms with Crippen molar-refractivity contribution in [1.29, 1.82) is 0 Å². The van der Waals surface area contributed by atoms with E-state index in [0.717, 1.165) is 12.5 Å². The molecule has 1 rings (SSSR count). The number of nitrogens with zero attached hydrogens (tertiary/aromatic N) is 1. The van der Waals surface area contributed by atoms with Crippen LogP contribution in [-0.2, 0) is 7.05 Å². The maximum absolute atomic E-state index is 5.81. The van der Waals surface area contributed by atoms with Crippen molar-refractivity contribution in [3.05, 3.63) is 24.4 Å². The third-order valence-corrected chi connectivity index (χ3v) is 4.76. The Balaban J connectivity index is 1.77. The highest BCUT2D eigenvalue weighted by atomic mass is 16.5. The van der Waals surface area contributed by atoms with Crippen molar-refractivity contribution < 1.29 is 9.30 Å². The molecule has 0 radical (unpaired) electrons. The molecule has 0 aliphatic heterocycles. The van der Waals surface area contributed by atoms with Gasteiger partial charge in [-0.15, -0.1) is 0 Å². The summed E-state index contributed by atoms with van der Waals surface area (Å²) in [5.41, 5.74) is 0. The van der Waals surface area contributed by atoms with E-state index in [2.05, 4.69) is 6.92 Å². The first-order valence-electron chi connectivity index (χ1n) is 10.4. The molecule has 0 N–H and O–H groups in total. The zero-order chi connectivity index (χ0) is 17.3. The third kappa shape index (κ3) is 11.5. The van der Waals surface area contributed by atoms with Gasteiger partial charge in [0.1, 0.15) is 7.05 Å². The first-order valence-corrected chi connectivity index (χ1v) is 10.4. The van der Waals surface area contributed by atoms with Crippen molar-refractivity contribution in [2.45, 2.75) is 96.8 Å². The van der Waals surface area contributed by atoms with Crippen LogP contribution in [-0.4, -0.2) is 6.61 Å². The normalized spacial score (nSPS) is 10.9. The molecule has 0 aromatic carbocycles. The molecule has 0 saturated carbocycles. The van der Waals surface area contributed by atoms with Crippen molar-refractivity contribution in [3.8, 4) is 5.88 Å². The Morgan fingerprint density at radius 2 is 1.21 bits per heavy atom. The van der Waals surface area contributed by atoms with Gasteiger partial charge in [-0.25, -0.2) is 0 Å². The molecule has 0 amide bonds. The Kier molecular flexibility index (Phi) is 13.5. The molecule has 0 unspecified atom stereocenters. The average molecular weight is 335 g/mol. The van der Waals surface area contributed by atoms with Crippen molar-refractivity contribution in [1.82, 2.24) is 0 Å². The number of hydrogen-bond donors (Lipinski definition) is 0. The molecule has 0 atom stereocenters. The maximum Gasteiger partial charge on any atom is 0.367 e. The third-order valence-electron chi connectivity index (χ3n) is 4.76. The summed E-state index contributed by atoms with van der Waals surface area (Å²) in [7, 11) is 2.03. The number of ether oxygens (including phenoxy) is 1. The lowest BCUT2D eigenvalue weighted by atomic mass is 10.0. The van der Waals surface area contributed by atoms with Crippen LogP contribution < -0.4 is 9.30 Å². The minimum absolute atomic E-state index is 0.843. The molecule has 0 bridgehead atoms. The van der Waals surface area contributed by atoms with Crippen LogP contribution in [0.2, 0.25) is 0 Å². The first kappa shape index (κ1) is 21.0. The number of hydrogen-bond acceptors (Lipinski definition) is 1. The second-order valence-electron chi connectivity index (χ2n) is 7.09. The fourth-order valence-corrected chi connectivity index (χ4v) is 3.13. The van der Waals surface area contributed by atoms with Crippen LogP contribution in [0.4, 0.5) is 0 Å². The molecular formula is C22H40NO+. The molecule has 2 nitrogen and oxygen atoms in total. The van der Waals surface area contributed by atoms with E-state index in [0.29, 0.717) is 0 Å². The van der Waals surface area contributed by atoms with Gasteiger partial charge >= 0.3 is 5.88 Å². The van der Waals surface area contributed by atoms with Gasteiger partial charge in [0.2, 0.25) is 0 Å². The minimum atomic E-state index is 0.843. The van der Waals surface area contributed by atoms with Gasteiger partial charge in [-0.2, -0.15) is 4.57 Å². The smallest absolute Gasteiger partial charge is 0.367 e. The minimum Gasteiger partial charge on any atom is -0.444 e. The maximum atomic E-state index is 5.81. The SMILES string of the molecule is CCCCCCCCCCCCCCCCOc1cccc[n+]1C. The van der Waals surface area contributed by atoms with E-state index in [1.165, 1.54) is 89.9 Å². The lowest BCUT2D eigenvalue weighted by Gasteiger charge is -2.04. The van der Waals surface area contributed by atoms with E-state index < -0.39 is 0 Å². The molecule has 24 heavy (non-hydrogen) atoms. The van der Waals surface area contributed by atoms with Gasteiger partial charge in [0.25, 0.3) is 0 Å². The van der Waals surface area contributed by atoms with E-state index in [1.807, 2.05) is 36.0 Å². The van der Waals surface area contributed by atoms with Crippen LogP contribution in [0.25, 0.3) is 0 Å². The molecule has 138 valence electrons. The van der Waals surface area contributed by atoms with Crippen LogP contribution in [0.15, 0.2) is 24.4 Å². The predicted octanol–water partition coefficient (Wildman–Crippen LogP) is 6.37. The van der Waals surface area contributed by atoms with Crippen LogP contribution in [0, 0.1) is 0 Å². The second kappa shape index (κ2) is 15.5. The summed E-state index contributed by atoms with van der Waals surface area (Å²) in [6.45, 7) is 3.13. The van der Waals surface area contributed by atoms with E-state index in [-0.39, 0.29) is 0 Å². The largest absolute Gasteiger partial charge is 0.444 e. The topological polar surface area (TPSA) is 13.1 Å². The molecule has 2 heteroatoms. The Hall–Kier alpha value is -1.05. The summed E-state index contributed by atoms with van der Waals surface area (Å²) in [5.74, 6) is 0.965. The molecule has 1 heterocycles. The quantitative estimate of drug-likeness (QED) is 0.253. The molecule has 1 aromatic heterocycles. The van der Waals surface area contributed by atoms with Gasteiger partial charge in [0, 0.05) is 6.07 Å². The summed E-state index contributed by atoms with van der Waals surface area (Å²) >= 11 is 0. The van der Waals surface area contributed by atoms with Crippen LogP contribution in [0.1, 0.15) is 96.8 Å². The number of pyridine rings is 1. The van der Waals surface area contributed by atoms with Crippen LogP contribution >= 0.6 is 0 Å². The molecule has 0 spiro atoms. The summed E-state index contributed by atoms with van der Waals surface area (Å²) < 4.78 is 7.84. The number of aromatic nitrogens is 1. The van der Waals surface area contributed by atoms with Gasteiger partial charge in [0.15, 0.2) is 6.20 Å². The summed E-state index contributed by atoms with van der Waals surface area (Å²) in [5, 5.41) is 0. The highest BCUT2D eigenvalue weighted by Gasteiger charge is 2.04. The molecular weight excluding hydrogens is 294 g/mol. The fourth-order valence-electron chi connectivity index (χ4n) is 3.13. The molecule has 1 aromatic rings. The summed E-state index contributed by atoms with van der Waals surface area (Å²) in [6.07, 6.45) is 21.6. The molecule has 0 fully saturated rings. The zero-order valence-corrected chi connectivity index (χ0v) is 16.3. The van der Waals surface area contributed by atoms with Crippen LogP contribution in [0.3, 0.4) is 0 Å². The lowest BCUT2D eigenvalue weighted by Crippen LogP contribution is -2.29. The lowest BCUT2D eigenvalue weighted by molar-refractivity contribution is -0.677. The van der Waals surface area contributed by atoms with E-state index >= 15 is 0 Å². The average Bonchev–Trinajstić information content (AvgIpc) is 2.60. The first-order chi connectivity index (χ1) is 11.8. The van der Waals surface area contributed by atoms with Gasteiger partial charge in [0.05, 0.1) is 12.7 Å². The van der Waals surface area contributed by atoms with Gasteiger partial charge in [-0.1, -0.05) is 90.4 Å². The predicted molar refractivity (Wildman–Crippen MR) is 103 cm³/mol. The van der Waals surface area contributed by atoms with Crippen molar-refractivity contribution >= 4 is 0 Å². The highest BCUT2D eigenvalue weighted by molar-refractivity contribution is 5.02. The van der Waals surface area contributed by atoms with E-state index in [1.54, 1.807) is 0 Å². The van der Waals surface area contributed by atoms with E-state index in [9.17, 15) is 0 Å². The Morgan fingerprint density at radius 1 is 0.708 bits per heavy atom. The second-order valence-corrected chi connectivity index (χ2v) is 7.09. The van der Waals surface area contributed by atoms with Gasteiger partial charge in [-0.05, 0) is 12.5 Å². The molecule has 0 aliphatic rings. The molecule has 0 saturated heterocycles. The Morgan fingerprint density at radius 3 is 1.71 bits per heavy atom. The Labute approximate surface area is 150 Å². The number of rotatable bonds is 16. The standard InChI is InChI=1S/C22H40NO/c1-3-4-5-6-7-8-9-10-11-12-13-14-15-18-21-24-22-19-16-17-20-23(22)2/h16-17,19-20H,3-15,18,21H2,1-2H3/q+1.